The summed E-state index contributed by atoms with van der Waals surface area (Å²) < 4.78 is 0. The van der Waals surface area contributed by atoms with Gasteiger partial charge in [-0.1, -0.05) is 0 Å². The Morgan fingerprint density at radius 3 is 3.23 bits per heavy atom. The lowest BCUT2D eigenvalue weighted by molar-refractivity contribution is 0.0983. The summed E-state index contributed by atoms with van der Waals surface area (Å²) in [5.74, 6) is 0.471. The molecule has 4 heteroatoms. The summed E-state index contributed by atoms with van der Waals surface area (Å²) in [6.07, 6.45) is 1.66. The smallest absolute Gasteiger partial charge is 0.259 e. The van der Waals surface area contributed by atoms with Crippen LogP contribution in [-0.2, 0) is 0 Å². The highest BCUT2D eigenvalue weighted by Crippen LogP contribution is 2.11. The second kappa shape index (κ2) is 2.97. The first-order chi connectivity index (χ1) is 6.33. The quantitative estimate of drug-likeness (QED) is 0.679. The maximum Gasteiger partial charge on any atom is 0.259 e. The number of aliphatic imine (C=N–C) groups is 1. The van der Waals surface area contributed by atoms with Gasteiger partial charge in [0.25, 0.3) is 5.91 Å². The van der Waals surface area contributed by atoms with Gasteiger partial charge in [-0.25, -0.2) is 0 Å². The fourth-order valence-corrected chi connectivity index (χ4v) is 1.28. The van der Waals surface area contributed by atoms with E-state index < -0.39 is 0 Å². The van der Waals surface area contributed by atoms with Crippen LogP contribution in [-0.4, -0.2) is 23.3 Å². The van der Waals surface area contributed by atoms with E-state index in [9.17, 15) is 4.79 Å². The highest BCUT2D eigenvalue weighted by Gasteiger charge is 2.25. The summed E-state index contributed by atoms with van der Waals surface area (Å²) in [5.41, 5.74) is 1.27. The Morgan fingerprint density at radius 1 is 1.62 bits per heavy atom. The zero-order chi connectivity index (χ0) is 9.26. The molecule has 1 aliphatic rings. The molecule has 0 radical (unpaired) electrons. The third-order valence-corrected chi connectivity index (χ3v) is 1.82. The SMILES string of the molecule is CCN=C1NC(=O)c2cccnc21. The number of fused-ring (bicyclic) bond motifs is 1. The lowest BCUT2D eigenvalue weighted by Gasteiger charge is -1.94. The van der Waals surface area contributed by atoms with E-state index in [2.05, 4.69) is 15.3 Å². The second-order valence-corrected chi connectivity index (χ2v) is 2.68. The number of carbonyl (C=O) groups excluding carboxylic acids is 1. The van der Waals surface area contributed by atoms with Gasteiger partial charge in [0.15, 0.2) is 5.84 Å². The van der Waals surface area contributed by atoms with Crippen molar-refractivity contribution in [3.63, 3.8) is 0 Å². The lowest BCUT2D eigenvalue weighted by atomic mass is 10.2. The molecule has 0 fully saturated rings. The molecule has 0 unspecified atom stereocenters. The minimum Gasteiger partial charge on any atom is -0.305 e. The van der Waals surface area contributed by atoms with Gasteiger partial charge in [0.1, 0.15) is 5.69 Å². The Bertz CT molecular complexity index is 384. The van der Waals surface area contributed by atoms with E-state index >= 15 is 0 Å². The minimum atomic E-state index is -0.115. The van der Waals surface area contributed by atoms with Crippen molar-refractivity contribution in [2.45, 2.75) is 6.92 Å². The average Bonchev–Trinajstić information content (AvgIpc) is 2.46. The number of carbonyl (C=O) groups is 1. The molecule has 0 spiro atoms. The predicted molar refractivity (Wildman–Crippen MR) is 48.8 cm³/mol. The van der Waals surface area contributed by atoms with Crippen molar-refractivity contribution in [1.29, 1.82) is 0 Å². The molecule has 13 heavy (non-hydrogen) atoms. The van der Waals surface area contributed by atoms with E-state index in [1.807, 2.05) is 6.92 Å². The normalized spacial score (nSPS) is 17.3. The zero-order valence-corrected chi connectivity index (χ0v) is 7.24. The molecule has 0 bridgehead atoms. The number of aromatic nitrogens is 1. The first kappa shape index (κ1) is 7.91. The van der Waals surface area contributed by atoms with E-state index in [0.717, 1.165) is 0 Å². The molecule has 2 rings (SSSR count). The second-order valence-electron chi connectivity index (χ2n) is 2.68. The Hall–Kier alpha value is -1.71. The number of pyridine rings is 1. The van der Waals surface area contributed by atoms with Gasteiger partial charge < -0.3 is 5.32 Å². The molecule has 1 amide bonds. The van der Waals surface area contributed by atoms with Gasteiger partial charge in [-0.3, -0.25) is 14.8 Å². The third kappa shape index (κ3) is 1.20. The summed E-state index contributed by atoms with van der Waals surface area (Å²) >= 11 is 0. The molecule has 1 aliphatic heterocycles. The number of hydrogen-bond acceptors (Lipinski definition) is 3. The standard InChI is InChI=1S/C9H9N3O/c1-2-10-8-7-6(9(13)12-8)4-3-5-11-7/h3-5H,2H2,1H3,(H,10,12,13). The van der Waals surface area contributed by atoms with Crippen molar-refractivity contribution in [2.75, 3.05) is 6.54 Å². The topological polar surface area (TPSA) is 54.4 Å². The zero-order valence-electron chi connectivity index (χ0n) is 7.24. The van der Waals surface area contributed by atoms with Crippen LogP contribution >= 0.6 is 0 Å². The van der Waals surface area contributed by atoms with Crippen LogP contribution in [0.5, 0.6) is 0 Å². The van der Waals surface area contributed by atoms with Crippen LogP contribution in [0.25, 0.3) is 0 Å². The van der Waals surface area contributed by atoms with Crippen LogP contribution in [0, 0.1) is 0 Å². The molecule has 0 aliphatic carbocycles. The Labute approximate surface area is 75.7 Å². The molecular formula is C9H9N3O. The van der Waals surface area contributed by atoms with E-state index in [4.69, 9.17) is 0 Å². The first-order valence-electron chi connectivity index (χ1n) is 4.14. The van der Waals surface area contributed by atoms with Crippen LogP contribution in [0.4, 0.5) is 0 Å². The van der Waals surface area contributed by atoms with Gasteiger partial charge in [0, 0.05) is 12.7 Å². The van der Waals surface area contributed by atoms with E-state index in [0.29, 0.717) is 23.6 Å². The number of rotatable bonds is 1. The van der Waals surface area contributed by atoms with Crippen molar-refractivity contribution >= 4 is 11.7 Å². The molecular weight excluding hydrogens is 166 g/mol. The van der Waals surface area contributed by atoms with Crippen LogP contribution in [0.3, 0.4) is 0 Å². The molecule has 1 aromatic rings. The number of amidine groups is 1. The van der Waals surface area contributed by atoms with Gasteiger partial charge in [0.2, 0.25) is 0 Å². The fourth-order valence-electron chi connectivity index (χ4n) is 1.28. The molecule has 2 heterocycles. The third-order valence-electron chi connectivity index (χ3n) is 1.82. The fraction of sp³-hybridized carbons (Fsp3) is 0.222. The molecule has 0 saturated heterocycles. The first-order valence-corrected chi connectivity index (χ1v) is 4.14. The molecule has 1 N–H and O–H groups in total. The van der Waals surface area contributed by atoms with Gasteiger partial charge in [-0.15, -0.1) is 0 Å². The lowest BCUT2D eigenvalue weighted by Crippen LogP contribution is -2.21. The van der Waals surface area contributed by atoms with Gasteiger partial charge in [-0.05, 0) is 19.1 Å². The van der Waals surface area contributed by atoms with E-state index in [1.165, 1.54) is 0 Å². The van der Waals surface area contributed by atoms with Gasteiger partial charge >= 0.3 is 0 Å². The molecule has 66 valence electrons. The Balaban J connectivity index is 2.53. The number of hydrogen-bond donors (Lipinski definition) is 1. The summed E-state index contributed by atoms with van der Waals surface area (Å²) in [4.78, 5) is 19.6. The molecule has 4 nitrogen and oxygen atoms in total. The van der Waals surface area contributed by atoms with Crippen LogP contribution in [0.1, 0.15) is 23.0 Å². The van der Waals surface area contributed by atoms with E-state index in [-0.39, 0.29) is 5.91 Å². The van der Waals surface area contributed by atoms with Crippen molar-refractivity contribution in [2.24, 2.45) is 4.99 Å². The Kier molecular flexibility index (Phi) is 1.81. The minimum absolute atomic E-state index is 0.115. The predicted octanol–water partition coefficient (Wildman–Crippen LogP) is 0.592. The molecule has 1 aromatic heterocycles. The molecule has 0 atom stereocenters. The highest BCUT2D eigenvalue weighted by atomic mass is 16.2. The number of nitrogens with zero attached hydrogens (tertiary/aromatic N) is 2. The van der Waals surface area contributed by atoms with Gasteiger partial charge in [-0.2, -0.15) is 0 Å². The van der Waals surface area contributed by atoms with Crippen molar-refractivity contribution in [3.8, 4) is 0 Å². The van der Waals surface area contributed by atoms with Crippen molar-refractivity contribution in [1.82, 2.24) is 10.3 Å². The van der Waals surface area contributed by atoms with Crippen LogP contribution in [0.2, 0.25) is 0 Å². The largest absolute Gasteiger partial charge is 0.305 e. The molecule has 0 saturated carbocycles. The molecule has 0 aromatic carbocycles. The van der Waals surface area contributed by atoms with Crippen LogP contribution < -0.4 is 5.32 Å². The number of nitrogens with one attached hydrogen (secondary N) is 1. The summed E-state index contributed by atoms with van der Waals surface area (Å²) in [6, 6.07) is 3.49. The Morgan fingerprint density at radius 2 is 2.46 bits per heavy atom. The monoisotopic (exact) mass is 175 g/mol. The maximum atomic E-state index is 11.3. The highest BCUT2D eigenvalue weighted by molar-refractivity contribution is 6.22. The average molecular weight is 175 g/mol. The van der Waals surface area contributed by atoms with Crippen molar-refractivity contribution < 1.29 is 4.79 Å². The van der Waals surface area contributed by atoms with Crippen LogP contribution in [0.15, 0.2) is 23.3 Å². The van der Waals surface area contributed by atoms with E-state index in [1.54, 1.807) is 18.3 Å². The van der Waals surface area contributed by atoms with Gasteiger partial charge in [0.05, 0.1) is 5.56 Å². The maximum absolute atomic E-state index is 11.3. The summed E-state index contributed by atoms with van der Waals surface area (Å²) in [7, 11) is 0. The summed E-state index contributed by atoms with van der Waals surface area (Å²) in [6.45, 7) is 2.56. The summed E-state index contributed by atoms with van der Waals surface area (Å²) in [5, 5.41) is 2.67. The van der Waals surface area contributed by atoms with Crippen molar-refractivity contribution in [3.05, 3.63) is 29.6 Å². The number of amides is 1.